The molecule has 2 fully saturated rings. The molecule has 3 aliphatic carbocycles. The molecule has 0 aromatic heterocycles. The van der Waals surface area contributed by atoms with E-state index in [1.54, 1.807) is 0 Å². The first-order chi connectivity index (χ1) is 17.6. The van der Waals surface area contributed by atoms with Gasteiger partial charge in [0.15, 0.2) is 0 Å². The van der Waals surface area contributed by atoms with E-state index >= 15 is 0 Å². The average molecular weight is 745 g/mol. The number of phenols is 1. The molecule has 1 aromatic carbocycles. The van der Waals surface area contributed by atoms with Crippen molar-refractivity contribution in [3.8, 4) is 5.75 Å². The molecule has 0 unspecified atom stereocenters. The Bertz CT molecular complexity index is 956. The number of halogens is 2. The fourth-order valence-electron chi connectivity index (χ4n) is 8.49. The van der Waals surface area contributed by atoms with Gasteiger partial charge in [-0.25, -0.2) is 0 Å². The van der Waals surface area contributed by atoms with Crippen molar-refractivity contribution < 1.29 is 10.2 Å². The number of aliphatic hydroxyl groups is 1. The monoisotopic (exact) mass is 744 g/mol. The predicted octanol–water partition coefficient (Wildman–Crippen LogP) is 10.4. The molecular weight excluding hydrogens is 695 g/mol. The number of unbranched alkanes of at least 4 members (excludes halogenated alkanes) is 3. The minimum absolute atomic E-state index is 0.0224. The van der Waals surface area contributed by atoms with Crippen molar-refractivity contribution in [1.82, 2.24) is 0 Å². The third-order valence-corrected chi connectivity index (χ3v) is 26.4. The quantitative estimate of drug-likeness (QED) is 0.222. The summed E-state index contributed by atoms with van der Waals surface area (Å²) in [6, 6.07) is 2.19. The molecule has 0 bridgehead atoms. The molecule has 2 nitrogen and oxygen atoms in total. The number of hydrogen-bond acceptors (Lipinski definition) is 2. The second-order valence-electron chi connectivity index (χ2n) is 12.9. The van der Waals surface area contributed by atoms with Gasteiger partial charge in [0, 0.05) is 0 Å². The number of hydrogen-bond donors (Lipinski definition) is 2. The molecule has 0 heterocycles. The van der Waals surface area contributed by atoms with Gasteiger partial charge in [-0.05, 0) is 0 Å². The SMILES string of the molecule is CCC[CH2][Sn](/[CH]=C/[C@]1(O)CC[C@H]2[C@@H]3CCc4c(cc(Br)c(O)c4Br)[C@H]3CC[C@@]21C)([CH2]CCC)[CH2]CCC. The second kappa shape index (κ2) is 12.6. The van der Waals surface area contributed by atoms with Gasteiger partial charge in [-0.15, -0.1) is 0 Å². The number of benzene rings is 1. The summed E-state index contributed by atoms with van der Waals surface area (Å²) in [5.41, 5.74) is 2.06. The summed E-state index contributed by atoms with van der Waals surface area (Å²) in [7, 11) is 0. The zero-order valence-electron chi connectivity index (χ0n) is 23.7. The van der Waals surface area contributed by atoms with Gasteiger partial charge >= 0.3 is 249 Å². The van der Waals surface area contributed by atoms with Crippen LogP contribution in [0.25, 0.3) is 0 Å². The minimum atomic E-state index is -2.45. The first-order valence-electron chi connectivity index (χ1n) is 15.3. The number of phenolic OH excluding ortho intramolecular Hbond substituents is 1. The van der Waals surface area contributed by atoms with E-state index in [9.17, 15) is 10.2 Å². The maximum atomic E-state index is 12.4. The van der Waals surface area contributed by atoms with Crippen LogP contribution in [-0.2, 0) is 6.42 Å². The molecule has 0 aliphatic heterocycles. The van der Waals surface area contributed by atoms with Crippen molar-refractivity contribution in [2.75, 3.05) is 0 Å². The standard InChI is InChI=1S/C20H23Br2O2.3C4H9.Sn/c1-3-20(24)9-7-15-12-4-5-13-14(10-16(21)18(23)17(13)22)11(12)6-8-19(15,20)2;3*1-3-4-2;/h1,3,10-12,15,23-24H,4-9H2,2H3;3*1,3-4H2,2H3;/t11-,12+,15-,19-,20-;;;;/m0..../s1. The Morgan fingerprint density at radius 3 is 2.19 bits per heavy atom. The van der Waals surface area contributed by atoms with Gasteiger partial charge in [-0.1, -0.05) is 0 Å². The Hall–Kier alpha value is 0.479. The molecule has 1 aromatic rings. The average Bonchev–Trinajstić information content (AvgIpc) is 3.17. The molecule has 0 amide bonds. The van der Waals surface area contributed by atoms with E-state index in [0.29, 0.717) is 23.5 Å². The van der Waals surface area contributed by atoms with Crippen molar-refractivity contribution in [3.63, 3.8) is 0 Å². The van der Waals surface area contributed by atoms with Crippen LogP contribution < -0.4 is 0 Å². The van der Waals surface area contributed by atoms with Crippen LogP contribution in [-0.4, -0.2) is 34.2 Å². The summed E-state index contributed by atoms with van der Waals surface area (Å²) in [4.78, 5) is 0. The molecule has 5 heteroatoms. The van der Waals surface area contributed by atoms with Crippen LogP contribution in [0.1, 0.15) is 115 Å². The Balaban J connectivity index is 1.61. The fourth-order valence-corrected chi connectivity index (χ4v) is 24.3. The van der Waals surface area contributed by atoms with Crippen LogP contribution in [0.15, 0.2) is 25.2 Å². The fraction of sp³-hybridized carbons (Fsp3) is 0.750. The van der Waals surface area contributed by atoms with Crippen LogP contribution in [0.4, 0.5) is 0 Å². The zero-order valence-corrected chi connectivity index (χ0v) is 29.7. The molecule has 37 heavy (non-hydrogen) atoms. The second-order valence-corrected chi connectivity index (χ2v) is 27.6. The van der Waals surface area contributed by atoms with Crippen LogP contribution in [0.3, 0.4) is 0 Å². The first kappa shape index (κ1) is 30.4. The van der Waals surface area contributed by atoms with Gasteiger partial charge in [0.25, 0.3) is 0 Å². The molecule has 5 atom stereocenters. The van der Waals surface area contributed by atoms with Gasteiger partial charge in [0.05, 0.1) is 0 Å². The normalized spacial score (nSPS) is 31.4. The van der Waals surface area contributed by atoms with E-state index in [2.05, 4.69) is 75.8 Å². The van der Waals surface area contributed by atoms with E-state index < -0.39 is 24.0 Å². The molecule has 2 saturated carbocycles. The molecular formula is C32H50Br2O2Sn. The summed E-state index contributed by atoms with van der Waals surface area (Å²) in [5.74, 6) is 2.08. The summed E-state index contributed by atoms with van der Waals surface area (Å²) >= 11 is 4.83. The van der Waals surface area contributed by atoms with E-state index in [1.165, 1.54) is 69.4 Å². The summed E-state index contributed by atoms with van der Waals surface area (Å²) in [6.07, 6.45) is 16.9. The molecule has 208 valence electrons. The molecule has 3 aliphatic rings. The van der Waals surface area contributed by atoms with Gasteiger partial charge in [0.1, 0.15) is 0 Å². The molecule has 2 N–H and O–H groups in total. The number of aromatic hydroxyl groups is 1. The van der Waals surface area contributed by atoms with Crippen molar-refractivity contribution in [1.29, 1.82) is 0 Å². The number of fused-ring (bicyclic) bond motifs is 5. The Labute approximate surface area is 247 Å². The van der Waals surface area contributed by atoms with Crippen LogP contribution in [0.5, 0.6) is 5.75 Å². The van der Waals surface area contributed by atoms with E-state index in [0.717, 1.165) is 41.0 Å². The molecule has 4 rings (SSSR count). The van der Waals surface area contributed by atoms with Crippen molar-refractivity contribution in [2.24, 2.45) is 17.3 Å². The Morgan fingerprint density at radius 1 is 0.973 bits per heavy atom. The Kier molecular flexibility index (Phi) is 10.3. The van der Waals surface area contributed by atoms with E-state index in [-0.39, 0.29) is 5.41 Å². The molecule has 0 spiro atoms. The van der Waals surface area contributed by atoms with Crippen LogP contribution >= 0.6 is 31.9 Å². The van der Waals surface area contributed by atoms with Gasteiger partial charge in [-0.3, -0.25) is 0 Å². The summed E-state index contributed by atoms with van der Waals surface area (Å²) < 4.78 is 8.82. The van der Waals surface area contributed by atoms with Gasteiger partial charge in [0.2, 0.25) is 0 Å². The molecule has 0 saturated heterocycles. The van der Waals surface area contributed by atoms with Crippen LogP contribution in [0, 0.1) is 17.3 Å². The third-order valence-electron chi connectivity index (χ3n) is 10.9. The molecule has 0 radical (unpaired) electrons. The summed E-state index contributed by atoms with van der Waals surface area (Å²) in [6.45, 7) is 9.46. The van der Waals surface area contributed by atoms with Crippen molar-refractivity contribution in [2.45, 2.75) is 130 Å². The zero-order chi connectivity index (χ0) is 26.8. The number of rotatable bonds is 11. The topological polar surface area (TPSA) is 40.5 Å². The summed E-state index contributed by atoms with van der Waals surface area (Å²) in [5, 5.41) is 22.9. The van der Waals surface area contributed by atoms with Crippen LogP contribution in [0.2, 0.25) is 13.3 Å². The van der Waals surface area contributed by atoms with E-state index in [1.807, 2.05) is 0 Å². The van der Waals surface area contributed by atoms with Gasteiger partial charge < -0.3 is 0 Å². The van der Waals surface area contributed by atoms with Crippen molar-refractivity contribution in [3.05, 3.63) is 36.3 Å². The first-order valence-corrected chi connectivity index (χ1v) is 24.6. The van der Waals surface area contributed by atoms with E-state index in [4.69, 9.17) is 0 Å². The third kappa shape index (κ3) is 5.80. The van der Waals surface area contributed by atoms with Crippen molar-refractivity contribution >= 4 is 50.2 Å². The predicted molar refractivity (Wildman–Crippen MR) is 167 cm³/mol. The Morgan fingerprint density at radius 2 is 1.59 bits per heavy atom. The van der Waals surface area contributed by atoms with Gasteiger partial charge in [-0.2, -0.15) is 0 Å². The maximum absolute atomic E-state index is 12.4.